The van der Waals surface area contributed by atoms with E-state index in [2.05, 4.69) is 15.9 Å². The molecule has 1 nitrogen and oxygen atoms in total. The molecule has 0 aromatic heterocycles. The maximum absolute atomic E-state index is 13.6. The number of aryl methyl sites for hydroxylation is 1. The first-order chi connectivity index (χ1) is 12.1. The Labute approximate surface area is 167 Å². The molecule has 2 atom stereocenters. The van der Waals surface area contributed by atoms with Gasteiger partial charge >= 0.3 is 6.18 Å². The van der Waals surface area contributed by atoms with E-state index in [1.165, 1.54) is 18.2 Å². The Bertz CT molecular complexity index is 831. The van der Waals surface area contributed by atoms with E-state index in [1.807, 2.05) is 6.07 Å². The molecule has 138 valence electrons. The highest BCUT2D eigenvalue weighted by Gasteiger charge is 2.42. The molecule has 26 heavy (non-hydrogen) atoms. The van der Waals surface area contributed by atoms with E-state index < -0.39 is 24.3 Å². The summed E-state index contributed by atoms with van der Waals surface area (Å²) in [5, 5.41) is 0.213. The van der Waals surface area contributed by atoms with Gasteiger partial charge in [-0.2, -0.15) is 13.2 Å². The molecule has 2 aromatic rings. The number of hydrogen-bond acceptors (Lipinski definition) is 1. The van der Waals surface area contributed by atoms with Crippen LogP contribution in [0, 0.1) is 0 Å². The minimum absolute atomic E-state index is 0.106. The standard InChI is InChI=1S/C19H14BrCl2F3O/c20-17-4-2-10-5-11(1-3-15(10)17)18(26)9-16(19(23,24)25)12-6-13(21)8-14(22)7-12/h1,3,5-8,16-17H,2,4,9H2/t16-,17?/m0/s1. The van der Waals surface area contributed by atoms with Crippen LogP contribution in [0.25, 0.3) is 0 Å². The molecule has 0 N–H and O–H groups in total. The van der Waals surface area contributed by atoms with Crippen molar-refractivity contribution in [3.05, 3.63) is 68.7 Å². The number of carbonyl (C=O) groups excluding carboxylic acids is 1. The van der Waals surface area contributed by atoms with Crippen molar-refractivity contribution in [1.29, 1.82) is 0 Å². The lowest BCUT2D eigenvalue weighted by Crippen LogP contribution is -2.24. The van der Waals surface area contributed by atoms with Gasteiger partial charge in [0.15, 0.2) is 5.78 Å². The lowest BCUT2D eigenvalue weighted by atomic mass is 9.90. The summed E-state index contributed by atoms with van der Waals surface area (Å²) in [6.45, 7) is 0. The van der Waals surface area contributed by atoms with Crippen molar-refractivity contribution < 1.29 is 18.0 Å². The first-order valence-electron chi connectivity index (χ1n) is 7.98. The average molecular weight is 466 g/mol. The summed E-state index contributed by atoms with van der Waals surface area (Å²) in [6.07, 6.45) is -3.55. The van der Waals surface area contributed by atoms with Gasteiger partial charge in [-0.15, -0.1) is 0 Å². The monoisotopic (exact) mass is 464 g/mol. The normalized spacial score (nSPS) is 17.8. The van der Waals surface area contributed by atoms with E-state index in [4.69, 9.17) is 23.2 Å². The van der Waals surface area contributed by atoms with Crippen molar-refractivity contribution >= 4 is 44.9 Å². The number of fused-ring (bicyclic) bond motifs is 1. The van der Waals surface area contributed by atoms with Gasteiger partial charge in [-0.05, 0) is 53.8 Å². The summed E-state index contributed by atoms with van der Waals surface area (Å²) >= 11 is 15.2. The highest BCUT2D eigenvalue weighted by molar-refractivity contribution is 9.09. The van der Waals surface area contributed by atoms with E-state index in [9.17, 15) is 18.0 Å². The predicted octanol–water partition coefficient (Wildman–Crippen LogP) is 7.29. The van der Waals surface area contributed by atoms with Crippen LogP contribution in [0.2, 0.25) is 10.0 Å². The fourth-order valence-electron chi connectivity index (χ4n) is 3.24. The molecule has 1 unspecified atom stereocenters. The zero-order valence-corrected chi connectivity index (χ0v) is 16.5. The Morgan fingerprint density at radius 2 is 1.81 bits per heavy atom. The zero-order chi connectivity index (χ0) is 19.1. The van der Waals surface area contributed by atoms with Gasteiger partial charge in [-0.1, -0.05) is 51.3 Å². The second-order valence-electron chi connectivity index (χ2n) is 6.34. The number of halogens is 6. The molecule has 7 heteroatoms. The summed E-state index contributed by atoms with van der Waals surface area (Å²) < 4.78 is 40.7. The predicted molar refractivity (Wildman–Crippen MR) is 101 cm³/mol. The number of alkyl halides is 4. The molecule has 0 heterocycles. The van der Waals surface area contributed by atoms with Crippen LogP contribution >= 0.6 is 39.1 Å². The Morgan fingerprint density at radius 1 is 1.15 bits per heavy atom. The van der Waals surface area contributed by atoms with E-state index >= 15 is 0 Å². The van der Waals surface area contributed by atoms with Crippen LogP contribution in [0.3, 0.4) is 0 Å². The Kier molecular flexibility index (Phi) is 5.71. The molecule has 0 radical (unpaired) electrons. The number of hydrogen-bond donors (Lipinski definition) is 0. The van der Waals surface area contributed by atoms with Gasteiger partial charge in [0.25, 0.3) is 0 Å². The highest BCUT2D eigenvalue weighted by Crippen LogP contribution is 2.41. The zero-order valence-electron chi connectivity index (χ0n) is 13.4. The Morgan fingerprint density at radius 3 is 2.42 bits per heavy atom. The van der Waals surface area contributed by atoms with Crippen LogP contribution in [0.1, 0.15) is 50.6 Å². The van der Waals surface area contributed by atoms with Crippen LogP contribution in [0.15, 0.2) is 36.4 Å². The molecule has 1 aliphatic carbocycles. The lowest BCUT2D eigenvalue weighted by Gasteiger charge is -2.21. The van der Waals surface area contributed by atoms with Crippen LogP contribution in [0.4, 0.5) is 13.2 Å². The van der Waals surface area contributed by atoms with Gasteiger partial charge in [-0.25, -0.2) is 0 Å². The molecule has 1 aliphatic rings. The second-order valence-corrected chi connectivity index (χ2v) is 8.32. The maximum atomic E-state index is 13.6. The molecule has 0 saturated carbocycles. The van der Waals surface area contributed by atoms with Crippen molar-refractivity contribution in [2.45, 2.75) is 36.2 Å². The second kappa shape index (κ2) is 7.53. The first kappa shape index (κ1) is 19.7. The van der Waals surface area contributed by atoms with E-state index in [0.717, 1.165) is 24.0 Å². The molecular formula is C19H14BrCl2F3O. The molecule has 0 fully saturated rings. The van der Waals surface area contributed by atoms with Gasteiger partial charge in [-0.3, -0.25) is 4.79 Å². The smallest absolute Gasteiger partial charge is 0.294 e. The van der Waals surface area contributed by atoms with Gasteiger partial charge < -0.3 is 0 Å². The van der Waals surface area contributed by atoms with E-state index in [0.29, 0.717) is 5.56 Å². The lowest BCUT2D eigenvalue weighted by molar-refractivity contribution is -0.149. The van der Waals surface area contributed by atoms with Crippen LogP contribution in [-0.2, 0) is 6.42 Å². The summed E-state index contributed by atoms with van der Waals surface area (Å²) in [5.74, 6) is -2.51. The number of Topliss-reactive ketones (excluding diaryl/α,β-unsaturated/α-hetero) is 1. The molecule has 2 aromatic carbocycles. The highest BCUT2D eigenvalue weighted by atomic mass is 79.9. The minimum Gasteiger partial charge on any atom is -0.294 e. The molecule has 0 aliphatic heterocycles. The van der Waals surface area contributed by atoms with Crippen molar-refractivity contribution in [3.8, 4) is 0 Å². The van der Waals surface area contributed by atoms with Gasteiger partial charge in [0.2, 0.25) is 0 Å². The third-order valence-electron chi connectivity index (χ3n) is 4.54. The van der Waals surface area contributed by atoms with E-state index in [-0.39, 0.29) is 20.4 Å². The fraction of sp³-hybridized carbons (Fsp3) is 0.316. The van der Waals surface area contributed by atoms with Gasteiger partial charge in [0, 0.05) is 26.9 Å². The summed E-state index contributed by atoms with van der Waals surface area (Å²) in [6, 6.07) is 8.89. The number of rotatable bonds is 4. The van der Waals surface area contributed by atoms with Gasteiger partial charge in [0.1, 0.15) is 0 Å². The maximum Gasteiger partial charge on any atom is 0.396 e. The van der Waals surface area contributed by atoms with Crippen molar-refractivity contribution in [1.82, 2.24) is 0 Å². The molecule has 0 bridgehead atoms. The number of carbonyl (C=O) groups is 1. The quantitative estimate of drug-likeness (QED) is 0.342. The summed E-state index contributed by atoms with van der Waals surface area (Å²) in [5.41, 5.74) is 2.29. The van der Waals surface area contributed by atoms with Crippen LogP contribution < -0.4 is 0 Å². The Balaban J connectivity index is 1.89. The number of benzene rings is 2. The first-order valence-corrected chi connectivity index (χ1v) is 9.65. The van der Waals surface area contributed by atoms with E-state index in [1.54, 1.807) is 12.1 Å². The molecular weight excluding hydrogens is 452 g/mol. The Hall–Kier alpha value is -1.04. The fourth-order valence-corrected chi connectivity index (χ4v) is 4.46. The minimum atomic E-state index is -4.58. The number of ketones is 1. The topological polar surface area (TPSA) is 17.1 Å². The molecule has 0 spiro atoms. The SMILES string of the molecule is O=C(C[C@@H](c1cc(Cl)cc(Cl)c1)C(F)(F)F)c1ccc2c(c1)CCC2Br. The summed E-state index contributed by atoms with van der Waals surface area (Å²) in [4.78, 5) is 12.8. The van der Waals surface area contributed by atoms with Crippen LogP contribution in [-0.4, -0.2) is 12.0 Å². The van der Waals surface area contributed by atoms with Gasteiger partial charge in [0.05, 0.1) is 5.92 Å². The third-order valence-corrected chi connectivity index (χ3v) is 5.93. The summed E-state index contributed by atoms with van der Waals surface area (Å²) in [7, 11) is 0. The van der Waals surface area contributed by atoms with Crippen molar-refractivity contribution in [2.75, 3.05) is 0 Å². The van der Waals surface area contributed by atoms with Crippen LogP contribution in [0.5, 0.6) is 0 Å². The molecule has 0 amide bonds. The largest absolute Gasteiger partial charge is 0.396 e. The molecule has 0 saturated heterocycles. The van der Waals surface area contributed by atoms with Crippen molar-refractivity contribution in [3.63, 3.8) is 0 Å². The molecule has 3 rings (SSSR count). The van der Waals surface area contributed by atoms with Crippen molar-refractivity contribution in [2.24, 2.45) is 0 Å². The average Bonchev–Trinajstić information content (AvgIpc) is 2.91. The third kappa shape index (κ3) is 4.26.